The van der Waals surface area contributed by atoms with Crippen molar-refractivity contribution in [3.05, 3.63) is 0 Å². The monoisotopic (exact) mass is 256 g/mol. The van der Waals surface area contributed by atoms with Crippen LogP contribution in [0.2, 0.25) is 0 Å². The van der Waals surface area contributed by atoms with Crippen molar-refractivity contribution < 1.29 is 9.47 Å². The molecule has 2 rings (SSSR count). The van der Waals surface area contributed by atoms with Crippen molar-refractivity contribution in [3.8, 4) is 0 Å². The lowest BCUT2D eigenvalue weighted by Crippen LogP contribution is -2.61. The fraction of sp³-hybridized carbons (Fsp3) is 1.00. The second kappa shape index (κ2) is 6.33. The molecule has 0 bridgehead atoms. The zero-order chi connectivity index (χ0) is 13.0. The smallest absolute Gasteiger partial charge is 0.0661 e. The first-order valence-corrected chi connectivity index (χ1v) is 7.32. The van der Waals surface area contributed by atoms with Crippen molar-refractivity contribution in [1.82, 2.24) is 4.90 Å². The molecule has 4 nitrogen and oxygen atoms in total. The Labute approximate surface area is 111 Å². The van der Waals surface area contributed by atoms with E-state index in [2.05, 4.69) is 11.8 Å². The number of nitrogens with zero attached hydrogens (tertiary/aromatic N) is 1. The number of piperidine rings is 1. The van der Waals surface area contributed by atoms with Crippen LogP contribution in [-0.2, 0) is 9.47 Å². The molecule has 0 amide bonds. The molecule has 1 unspecified atom stereocenters. The van der Waals surface area contributed by atoms with Crippen LogP contribution in [0.5, 0.6) is 0 Å². The fourth-order valence-electron chi connectivity index (χ4n) is 3.40. The van der Waals surface area contributed by atoms with E-state index in [9.17, 15) is 0 Å². The van der Waals surface area contributed by atoms with E-state index in [-0.39, 0.29) is 5.54 Å². The van der Waals surface area contributed by atoms with Crippen LogP contribution in [0.15, 0.2) is 0 Å². The number of methoxy groups -OCH3 is 1. The van der Waals surface area contributed by atoms with E-state index in [4.69, 9.17) is 15.2 Å². The second-order valence-corrected chi connectivity index (χ2v) is 5.66. The highest BCUT2D eigenvalue weighted by atomic mass is 16.5. The summed E-state index contributed by atoms with van der Waals surface area (Å²) in [4.78, 5) is 2.57. The third kappa shape index (κ3) is 2.87. The maximum atomic E-state index is 6.11. The SMILES string of the molecule is CCOC1CCN(C(CN)(COC)C2CC2)CC1. The molecule has 0 aromatic carbocycles. The van der Waals surface area contributed by atoms with Crippen molar-refractivity contribution in [2.75, 3.05) is 40.0 Å². The van der Waals surface area contributed by atoms with Gasteiger partial charge in [0.25, 0.3) is 0 Å². The van der Waals surface area contributed by atoms with Crippen LogP contribution in [0.25, 0.3) is 0 Å². The van der Waals surface area contributed by atoms with Gasteiger partial charge in [-0.05, 0) is 38.5 Å². The summed E-state index contributed by atoms with van der Waals surface area (Å²) in [5.41, 5.74) is 6.20. The summed E-state index contributed by atoms with van der Waals surface area (Å²) < 4.78 is 11.2. The summed E-state index contributed by atoms with van der Waals surface area (Å²) in [5.74, 6) is 0.742. The molecule has 2 aliphatic rings. The Morgan fingerprint density at radius 3 is 2.33 bits per heavy atom. The Morgan fingerprint density at radius 2 is 1.89 bits per heavy atom. The number of hydrogen-bond acceptors (Lipinski definition) is 4. The molecule has 1 saturated heterocycles. The van der Waals surface area contributed by atoms with Gasteiger partial charge in [-0.3, -0.25) is 4.90 Å². The fourth-order valence-corrected chi connectivity index (χ4v) is 3.40. The normalized spacial score (nSPS) is 26.2. The third-order valence-corrected chi connectivity index (χ3v) is 4.56. The Balaban J connectivity index is 1.95. The minimum Gasteiger partial charge on any atom is -0.383 e. The maximum absolute atomic E-state index is 6.11. The highest BCUT2D eigenvalue weighted by molar-refractivity contribution is 5.04. The van der Waals surface area contributed by atoms with Gasteiger partial charge < -0.3 is 15.2 Å². The molecule has 106 valence electrons. The molecule has 1 aliphatic carbocycles. The van der Waals surface area contributed by atoms with Gasteiger partial charge >= 0.3 is 0 Å². The van der Waals surface area contributed by atoms with Crippen LogP contribution < -0.4 is 5.73 Å². The van der Waals surface area contributed by atoms with Crippen LogP contribution in [0, 0.1) is 5.92 Å². The van der Waals surface area contributed by atoms with Crippen molar-refractivity contribution in [2.45, 2.75) is 44.2 Å². The number of nitrogens with two attached hydrogens (primary N) is 1. The lowest BCUT2D eigenvalue weighted by Gasteiger charge is -2.46. The van der Waals surface area contributed by atoms with Crippen molar-refractivity contribution in [1.29, 1.82) is 0 Å². The van der Waals surface area contributed by atoms with Gasteiger partial charge in [-0.2, -0.15) is 0 Å². The number of ether oxygens (including phenoxy) is 2. The lowest BCUT2D eigenvalue weighted by atomic mass is 9.89. The zero-order valence-electron chi connectivity index (χ0n) is 11.9. The molecule has 2 N–H and O–H groups in total. The van der Waals surface area contributed by atoms with E-state index < -0.39 is 0 Å². The van der Waals surface area contributed by atoms with E-state index in [0.717, 1.165) is 45.1 Å². The predicted molar refractivity (Wildman–Crippen MR) is 72.6 cm³/mol. The average molecular weight is 256 g/mol. The molecule has 2 fully saturated rings. The molecule has 0 aromatic rings. The summed E-state index contributed by atoms with van der Waals surface area (Å²) in [7, 11) is 1.79. The minimum absolute atomic E-state index is 0.0892. The van der Waals surface area contributed by atoms with E-state index in [1.807, 2.05) is 0 Å². The first kappa shape index (κ1) is 14.3. The highest BCUT2D eigenvalue weighted by Crippen LogP contribution is 2.43. The lowest BCUT2D eigenvalue weighted by molar-refractivity contribution is -0.0501. The average Bonchev–Trinajstić information content (AvgIpc) is 3.22. The molecular formula is C14H28N2O2. The van der Waals surface area contributed by atoms with Crippen molar-refractivity contribution >= 4 is 0 Å². The van der Waals surface area contributed by atoms with Gasteiger partial charge in [0.1, 0.15) is 0 Å². The summed E-state index contributed by atoms with van der Waals surface area (Å²) >= 11 is 0. The zero-order valence-corrected chi connectivity index (χ0v) is 11.9. The highest BCUT2D eigenvalue weighted by Gasteiger charge is 2.49. The Hall–Kier alpha value is -0.160. The van der Waals surface area contributed by atoms with Gasteiger partial charge in [-0.15, -0.1) is 0 Å². The summed E-state index contributed by atoms with van der Waals surface area (Å²) in [6, 6.07) is 0. The number of hydrogen-bond donors (Lipinski definition) is 1. The molecule has 0 aromatic heterocycles. The van der Waals surface area contributed by atoms with Crippen LogP contribution in [0.1, 0.15) is 32.6 Å². The molecule has 18 heavy (non-hydrogen) atoms. The van der Waals surface area contributed by atoms with Crippen molar-refractivity contribution in [2.24, 2.45) is 11.7 Å². The van der Waals surface area contributed by atoms with E-state index in [1.54, 1.807) is 7.11 Å². The summed E-state index contributed by atoms with van der Waals surface area (Å²) in [6.07, 6.45) is 5.33. The molecular weight excluding hydrogens is 228 g/mol. The minimum atomic E-state index is 0.0892. The van der Waals surface area contributed by atoms with E-state index in [1.165, 1.54) is 12.8 Å². The topological polar surface area (TPSA) is 47.7 Å². The predicted octanol–water partition coefficient (Wildman–Crippen LogP) is 1.24. The first-order chi connectivity index (χ1) is 8.76. The van der Waals surface area contributed by atoms with Gasteiger partial charge in [0, 0.05) is 33.4 Å². The Morgan fingerprint density at radius 1 is 1.22 bits per heavy atom. The maximum Gasteiger partial charge on any atom is 0.0661 e. The van der Waals surface area contributed by atoms with Crippen molar-refractivity contribution in [3.63, 3.8) is 0 Å². The quantitative estimate of drug-likeness (QED) is 0.744. The van der Waals surface area contributed by atoms with Crippen LogP contribution in [-0.4, -0.2) is 56.5 Å². The molecule has 1 aliphatic heterocycles. The van der Waals surface area contributed by atoms with Gasteiger partial charge in [0.2, 0.25) is 0 Å². The Bertz CT molecular complexity index is 250. The largest absolute Gasteiger partial charge is 0.383 e. The third-order valence-electron chi connectivity index (χ3n) is 4.56. The first-order valence-electron chi connectivity index (χ1n) is 7.32. The van der Waals surface area contributed by atoms with E-state index in [0.29, 0.717) is 12.6 Å². The summed E-state index contributed by atoms with van der Waals surface area (Å²) in [6.45, 7) is 6.58. The molecule has 1 atom stereocenters. The second-order valence-electron chi connectivity index (χ2n) is 5.66. The number of rotatable bonds is 7. The molecule has 0 radical (unpaired) electrons. The van der Waals surface area contributed by atoms with Gasteiger partial charge in [0.15, 0.2) is 0 Å². The van der Waals surface area contributed by atoms with Gasteiger partial charge in [0.05, 0.1) is 18.2 Å². The van der Waals surface area contributed by atoms with Crippen LogP contribution >= 0.6 is 0 Å². The molecule has 1 heterocycles. The molecule has 1 saturated carbocycles. The van der Waals surface area contributed by atoms with Crippen LogP contribution in [0.3, 0.4) is 0 Å². The van der Waals surface area contributed by atoms with E-state index >= 15 is 0 Å². The summed E-state index contributed by atoms with van der Waals surface area (Å²) in [5, 5.41) is 0. The molecule has 0 spiro atoms. The van der Waals surface area contributed by atoms with Gasteiger partial charge in [-0.25, -0.2) is 0 Å². The van der Waals surface area contributed by atoms with Crippen LogP contribution in [0.4, 0.5) is 0 Å². The molecule has 4 heteroatoms. The Kier molecular flexibility index (Phi) is 5.01. The standard InChI is InChI=1S/C14H28N2O2/c1-3-18-13-6-8-16(9-7-13)14(10-15,11-17-2)12-4-5-12/h12-13H,3-11,15H2,1-2H3. The number of likely N-dealkylation sites (tertiary alicyclic amines) is 1. The van der Waals surface area contributed by atoms with Gasteiger partial charge in [-0.1, -0.05) is 0 Å².